The van der Waals surface area contributed by atoms with Crippen LogP contribution in [-0.4, -0.2) is 28.2 Å². The van der Waals surface area contributed by atoms with Crippen LogP contribution in [0, 0.1) is 6.57 Å². The van der Waals surface area contributed by atoms with Crippen molar-refractivity contribution >= 4 is 104 Å². The molecular weight excluding hydrogens is 1140 g/mol. The SMILES string of the molecule is [C-]#[N+]c1cccc(-c2nc(-c3cc(-n4c5ccccc5c5c(-c6cccc7c6c6ccccc6n7-c6ccccc6)cccc54)cc(-n4c5ccccc5c5c(-c6cccc7c6c6ccccc6n7-c6ccccc6)cccc54)c3)c3c(n2)-c2cccc4cccc-3c24)c1. The Bertz CT molecular complexity index is 6190. The van der Waals surface area contributed by atoms with Gasteiger partial charge in [0.1, 0.15) is 0 Å². The molecule has 1 aliphatic carbocycles. The second kappa shape index (κ2) is 20.1. The molecule has 0 N–H and O–H groups in total. The van der Waals surface area contributed by atoms with Gasteiger partial charge in [0.2, 0.25) is 0 Å². The van der Waals surface area contributed by atoms with Crippen LogP contribution in [-0.2, 0) is 0 Å². The lowest BCUT2D eigenvalue weighted by atomic mass is 9.95. The van der Waals surface area contributed by atoms with Gasteiger partial charge < -0.3 is 18.3 Å². The number of para-hydroxylation sites is 6. The van der Waals surface area contributed by atoms with Crippen molar-refractivity contribution in [2.24, 2.45) is 0 Å². The third-order valence-electron chi connectivity index (χ3n) is 19.7. The third kappa shape index (κ3) is 7.42. The van der Waals surface area contributed by atoms with Crippen LogP contribution in [0.15, 0.2) is 309 Å². The molecule has 94 heavy (non-hydrogen) atoms. The Hall–Kier alpha value is -12.9. The fourth-order valence-corrected chi connectivity index (χ4v) is 15.9. The summed E-state index contributed by atoms with van der Waals surface area (Å²) >= 11 is 0. The van der Waals surface area contributed by atoms with Crippen LogP contribution in [0.25, 0.3) is 193 Å². The molecule has 0 unspecified atom stereocenters. The van der Waals surface area contributed by atoms with Crippen molar-refractivity contribution in [2.45, 2.75) is 0 Å². The second-order valence-corrected chi connectivity index (χ2v) is 24.6. The molecule has 7 nitrogen and oxygen atoms in total. The first kappa shape index (κ1) is 51.9. The summed E-state index contributed by atoms with van der Waals surface area (Å²) in [7, 11) is 0. The molecule has 19 aromatic rings. The molecule has 0 amide bonds. The summed E-state index contributed by atoms with van der Waals surface area (Å²) < 4.78 is 9.77. The fourth-order valence-electron chi connectivity index (χ4n) is 15.9. The van der Waals surface area contributed by atoms with Crippen LogP contribution in [0.2, 0.25) is 0 Å². The first-order chi connectivity index (χ1) is 46.6. The van der Waals surface area contributed by atoms with E-state index in [0.717, 1.165) is 139 Å². The van der Waals surface area contributed by atoms with Gasteiger partial charge in [-0.25, -0.2) is 14.8 Å². The predicted octanol–water partition coefficient (Wildman–Crippen LogP) is 22.9. The summed E-state index contributed by atoms with van der Waals surface area (Å²) in [6, 6.07) is 112. The molecule has 0 radical (unpaired) electrons. The number of fused-ring (bicyclic) bond motifs is 15. The van der Waals surface area contributed by atoms with E-state index in [1.165, 1.54) is 43.4 Å². The lowest BCUT2D eigenvalue weighted by molar-refractivity contribution is 1.13. The molecular formula is C87H51N7. The Balaban J connectivity index is 0.890. The Labute approximate surface area is 539 Å². The minimum absolute atomic E-state index is 0.533. The van der Waals surface area contributed by atoms with Crippen molar-refractivity contribution in [3.8, 4) is 90.0 Å². The number of hydrogen-bond acceptors (Lipinski definition) is 2. The maximum Gasteiger partial charge on any atom is 0.187 e. The standard InChI is InChI=1S/C87H51N7/c1-88-56-26-16-25-54(49-56)87-89-85(84-69-39-17-23-53-24-18-40-70(79(53)69)86(84)90-87)55-50-59(93-73-43-14-10-33-67(73)82-63(37-21-47-77(82)93)61-35-19-45-75-80(61)65-31-8-12-41-71(65)91(75)57-27-4-2-5-28-57)52-60(51-55)94-74-44-15-11-34-68(74)83-64(38-22-48-78(83)94)62-36-20-46-76-81(62)66-32-9-13-42-72(66)92(76)58-29-6-3-7-30-58/h2-52H. The molecule has 20 rings (SSSR count). The minimum atomic E-state index is 0.533. The molecule has 0 bridgehead atoms. The number of aromatic nitrogens is 6. The Kier molecular flexibility index (Phi) is 11.1. The summed E-state index contributed by atoms with van der Waals surface area (Å²) in [5.74, 6) is 0.560. The first-order valence-electron chi connectivity index (χ1n) is 31.9. The van der Waals surface area contributed by atoms with Crippen LogP contribution in [0.3, 0.4) is 0 Å². The molecule has 0 aliphatic heterocycles. The zero-order valence-corrected chi connectivity index (χ0v) is 50.6. The summed E-state index contributed by atoms with van der Waals surface area (Å²) in [6.07, 6.45) is 0. The highest BCUT2D eigenvalue weighted by atomic mass is 15.0. The van der Waals surface area contributed by atoms with Gasteiger partial charge in [-0.2, -0.15) is 0 Å². The van der Waals surface area contributed by atoms with E-state index in [1.807, 2.05) is 24.3 Å². The third-order valence-corrected chi connectivity index (χ3v) is 19.7. The van der Waals surface area contributed by atoms with Crippen LogP contribution in [0.1, 0.15) is 0 Å². The molecule has 1 aliphatic rings. The van der Waals surface area contributed by atoms with Crippen molar-refractivity contribution in [1.82, 2.24) is 28.2 Å². The zero-order chi connectivity index (χ0) is 61.7. The van der Waals surface area contributed by atoms with Gasteiger partial charge in [-0.1, -0.05) is 212 Å². The predicted molar refractivity (Wildman–Crippen MR) is 389 cm³/mol. The average Bonchev–Trinajstić information content (AvgIpc) is 1.56. The summed E-state index contributed by atoms with van der Waals surface area (Å²) in [6.45, 7) is 8.08. The molecule has 0 atom stereocenters. The minimum Gasteiger partial charge on any atom is -0.309 e. The maximum absolute atomic E-state index is 8.08. The molecule has 434 valence electrons. The highest BCUT2D eigenvalue weighted by Crippen LogP contribution is 2.53. The van der Waals surface area contributed by atoms with Crippen molar-refractivity contribution in [3.05, 3.63) is 321 Å². The van der Waals surface area contributed by atoms with Crippen LogP contribution < -0.4 is 0 Å². The normalized spacial score (nSPS) is 12.0. The highest BCUT2D eigenvalue weighted by Gasteiger charge is 2.31. The van der Waals surface area contributed by atoms with E-state index in [2.05, 4.69) is 308 Å². The molecule has 0 saturated heterocycles. The van der Waals surface area contributed by atoms with Gasteiger partial charge in [0.05, 0.1) is 62.1 Å². The number of nitrogens with zero attached hydrogens (tertiary/aromatic N) is 7. The Morgan fingerprint density at radius 3 is 1.06 bits per heavy atom. The number of hydrogen-bond donors (Lipinski definition) is 0. The lowest BCUT2D eigenvalue weighted by Crippen LogP contribution is -2.02. The molecule has 5 aromatic heterocycles. The zero-order valence-electron chi connectivity index (χ0n) is 50.6. The van der Waals surface area contributed by atoms with Crippen LogP contribution in [0.5, 0.6) is 0 Å². The molecule has 0 fully saturated rings. The van der Waals surface area contributed by atoms with Gasteiger partial charge in [0.25, 0.3) is 0 Å². The van der Waals surface area contributed by atoms with E-state index in [0.29, 0.717) is 11.5 Å². The molecule has 7 heteroatoms. The van der Waals surface area contributed by atoms with E-state index >= 15 is 0 Å². The Morgan fingerprint density at radius 2 is 0.617 bits per heavy atom. The molecule has 14 aromatic carbocycles. The maximum atomic E-state index is 8.08. The van der Waals surface area contributed by atoms with Gasteiger partial charge in [-0.05, 0) is 136 Å². The second-order valence-electron chi connectivity index (χ2n) is 24.6. The van der Waals surface area contributed by atoms with E-state index < -0.39 is 0 Å². The quantitative estimate of drug-likeness (QED) is 0.142. The number of benzene rings is 14. The smallest absolute Gasteiger partial charge is 0.187 e. The van der Waals surface area contributed by atoms with Crippen molar-refractivity contribution in [1.29, 1.82) is 0 Å². The van der Waals surface area contributed by atoms with Crippen LogP contribution >= 0.6 is 0 Å². The lowest BCUT2D eigenvalue weighted by Gasteiger charge is -2.18. The van der Waals surface area contributed by atoms with Gasteiger partial charge in [0.15, 0.2) is 11.5 Å². The van der Waals surface area contributed by atoms with Crippen molar-refractivity contribution in [2.75, 3.05) is 0 Å². The van der Waals surface area contributed by atoms with E-state index in [1.54, 1.807) is 0 Å². The summed E-state index contributed by atoms with van der Waals surface area (Å²) in [4.78, 5) is 15.1. The summed E-state index contributed by atoms with van der Waals surface area (Å²) in [5, 5.41) is 11.8. The topological polar surface area (TPSA) is 49.9 Å². The van der Waals surface area contributed by atoms with Gasteiger partial charge in [-0.3, -0.25) is 0 Å². The van der Waals surface area contributed by atoms with E-state index in [4.69, 9.17) is 16.5 Å². The average molecular weight is 1190 g/mol. The van der Waals surface area contributed by atoms with Crippen LogP contribution in [0.4, 0.5) is 5.69 Å². The first-order valence-corrected chi connectivity index (χ1v) is 31.9. The van der Waals surface area contributed by atoms with Gasteiger partial charge in [0, 0.05) is 88.1 Å². The van der Waals surface area contributed by atoms with E-state index in [-0.39, 0.29) is 0 Å². The summed E-state index contributed by atoms with van der Waals surface area (Å²) in [5.41, 5.74) is 24.9. The largest absolute Gasteiger partial charge is 0.309 e. The molecule has 0 saturated carbocycles. The van der Waals surface area contributed by atoms with Crippen molar-refractivity contribution in [3.63, 3.8) is 0 Å². The highest BCUT2D eigenvalue weighted by molar-refractivity contribution is 6.25. The van der Waals surface area contributed by atoms with Gasteiger partial charge in [-0.15, -0.1) is 0 Å². The molecule has 5 heterocycles. The van der Waals surface area contributed by atoms with Crippen molar-refractivity contribution < 1.29 is 0 Å². The fraction of sp³-hybridized carbons (Fsp3) is 0. The van der Waals surface area contributed by atoms with Gasteiger partial charge >= 0.3 is 0 Å². The Morgan fingerprint density at radius 1 is 0.255 bits per heavy atom. The number of rotatable bonds is 8. The molecule has 0 spiro atoms. The van der Waals surface area contributed by atoms with E-state index in [9.17, 15) is 0 Å². The monoisotopic (exact) mass is 1190 g/mol.